The normalized spacial score (nSPS) is 25.1. The maximum Gasteiger partial charge on any atom is 0.308 e. The van der Waals surface area contributed by atoms with Gasteiger partial charge in [-0.05, 0) is 31.7 Å². The number of carbonyl (C=O) groups is 2. The van der Waals surface area contributed by atoms with Gasteiger partial charge in [-0.3, -0.25) is 9.59 Å². The van der Waals surface area contributed by atoms with Crippen molar-refractivity contribution in [3.8, 4) is 0 Å². The molecule has 1 rings (SSSR count). The lowest BCUT2D eigenvalue weighted by Crippen LogP contribution is -2.41. The molecule has 1 heterocycles. The highest BCUT2D eigenvalue weighted by Gasteiger charge is 2.31. The molecule has 1 fully saturated rings. The van der Waals surface area contributed by atoms with Crippen molar-refractivity contribution in [3.63, 3.8) is 0 Å². The van der Waals surface area contributed by atoms with Gasteiger partial charge >= 0.3 is 5.97 Å². The minimum Gasteiger partial charge on any atom is -0.481 e. The molecule has 1 aliphatic rings. The average molecular weight is 270 g/mol. The van der Waals surface area contributed by atoms with E-state index in [1.165, 1.54) is 0 Å². The third-order valence-corrected chi connectivity index (χ3v) is 3.59. The van der Waals surface area contributed by atoms with Crippen molar-refractivity contribution in [1.82, 2.24) is 10.6 Å². The quantitative estimate of drug-likeness (QED) is 0.702. The highest BCUT2D eigenvalue weighted by molar-refractivity contribution is 5.80. The van der Waals surface area contributed by atoms with E-state index in [0.717, 1.165) is 13.0 Å². The lowest BCUT2D eigenvalue weighted by Gasteiger charge is -2.24. The first-order valence-corrected chi connectivity index (χ1v) is 6.94. The number of nitrogens with one attached hydrogen (secondary N) is 2. The predicted octanol–water partition coefficient (Wildman–Crippen LogP) is 1.24. The van der Waals surface area contributed by atoms with Gasteiger partial charge in [0.25, 0.3) is 0 Å². The Morgan fingerprint density at radius 3 is 2.47 bits per heavy atom. The number of aliphatic carboxylic acids is 1. The van der Waals surface area contributed by atoms with Crippen molar-refractivity contribution in [3.05, 3.63) is 0 Å². The molecule has 110 valence electrons. The topological polar surface area (TPSA) is 78.4 Å². The molecule has 0 bridgehead atoms. The number of carboxylic acids is 1. The van der Waals surface area contributed by atoms with Crippen LogP contribution in [0.25, 0.3) is 0 Å². The van der Waals surface area contributed by atoms with Gasteiger partial charge in [0.15, 0.2) is 0 Å². The molecule has 1 saturated heterocycles. The van der Waals surface area contributed by atoms with Crippen LogP contribution in [-0.2, 0) is 9.59 Å². The summed E-state index contributed by atoms with van der Waals surface area (Å²) in [7, 11) is 0. The summed E-state index contributed by atoms with van der Waals surface area (Å²) in [6.45, 7) is 9.08. The summed E-state index contributed by atoms with van der Waals surface area (Å²) in [4.78, 5) is 23.2. The number of carbonyl (C=O) groups excluding carboxylic acids is 1. The second kappa shape index (κ2) is 6.37. The number of hydrogen-bond donors (Lipinski definition) is 3. The largest absolute Gasteiger partial charge is 0.481 e. The number of amides is 1. The zero-order valence-electron chi connectivity index (χ0n) is 12.3. The van der Waals surface area contributed by atoms with Gasteiger partial charge in [-0.15, -0.1) is 0 Å². The number of hydrogen-bond acceptors (Lipinski definition) is 3. The van der Waals surface area contributed by atoms with Crippen LogP contribution in [0.5, 0.6) is 0 Å². The molecule has 0 saturated carbocycles. The molecular weight excluding hydrogens is 244 g/mol. The zero-order valence-corrected chi connectivity index (χ0v) is 12.3. The minimum atomic E-state index is -0.840. The fraction of sp³-hybridized carbons (Fsp3) is 0.857. The van der Waals surface area contributed by atoms with Gasteiger partial charge in [0, 0.05) is 12.6 Å². The molecular formula is C14H26N2O3. The fourth-order valence-corrected chi connectivity index (χ4v) is 2.56. The second-order valence-electron chi connectivity index (χ2n) is 6.68. The van der Waals surface area contributed by atoms with E-state index in [1.807, 2.05) is 27.7 Å². The molecule has 3 N–H and O–H groups in total. The first-order valence-electron chi connectivity index (χ1n) is 6.94. The Kier molecular flexibility index (Phi) is 5.35. The Morgan fingerprint density at radius 2 is 2.05 bits per heavy atom. The van der Waals surface area contributed by atoms with Crippen molar-refractivity contribution >= 4 is 11.9 Å². The van der Waals surface area contributed by atoms with Crippen LogP contribution in [0.15, 0.2) is 0 Å². The molecule has 0 aromatic rings. The molecule has 5 heteroatoms. The van der Waals surface area contributed by atoms with E-state index in [-0.39, 0.29) is 29.8 Å². The summed E-state index contributed by atoms with van der Waals surface area (Å²) in [5.41, 5.74) is -0.0595. The lowest BCUT2D eigenvalue weighted by atomic mass is 9.84. The standard InChI is InChI=1S/C14H26N2O3/c1-9-11(5-6-15-9)12(17)16-8-10(13(18)19)7-14(2,3)4/h9-11,15H,5-8H2,1-4H3,(H,16,17)(H,18,19). The third kappa shape index (κ3) is 5.19. The molecule has 1 amide bonds. The van der Waals surface area contributed by atoms with Gasteiger partial charge in [0.1, 0.15) is 0 Å². The van der Waals surface area contributed by atoms with E-state index >= 15 is 0 Å². The summed E-state index contributed by atoms with van der Waals surface area (Å²) in [6.07, 6.45) is 1.38. The first-order chi connectivity index (χ1) is 8.70. The fourth-order valence-electron chi connectivity index (χ4n) is 2.56. The Morgan fingerprint density at radius 1 is 1.42 bits per heavy atom. The van der Waals surface area contributed by atoms with Crippen LogP contribution < -0.4 is 10.6 Å². The van der Waals surface area contributed by atoms with Crippen LogP contribution in [-0.4, -0.2) is 36.1 Å². The zero-order chi connectivity index (χ0) is 14.6. The van der Waals surface area contributed by atoms with Gasteiger partial charge in [-0.25, -0.2) is 0 Å². The highest BCUT2D eigenvalue weighted by Crippen LogP contribution is 2.24. The summed E-state index contributed by atoms with van der Waals surface area (Å²) < 4.78 is 0. The third-order valence-electron chi connectivity index (χ3n) is 3.59. The van der Waals surface area contributed by atoms with Crippen molar-refractivity contribution in [2.45, 2.75) is 46.6 Å². The summed E-state index contributed by atoms with van der Waals surface area (Å²) in [5, 5.41) is 15.2. The van der Waals surface area contributed by atoms with Crippen LogP contribution in [0.2, 0.25) is 0 Å². The van der Waals surface area contributed by atoms with Gasteiger partial charge in [0.2, 0.25) is 5.91 Å². The van der Waals surface area contributed by atoms with Crippen LogP contribution in [0.3, 0.4) is 0 Å². The monoisotopic (exact) mass is 270 g/mol. The Balaban J connectivity index is 2.47. The number of rotatable bonds is 5. The van der Waals surface area contributed by atoms with Gasteiger partial charge in [0.05, 0.1) is 11.8 Å². The SMILES string of the molecule is CC1NCCC1C(=O)NCC(CC(C)(C)C)C(=O)O. The van der Waals surface area contributed by atoms with E-state index in [0.29, 0.717) is 6.42 Å². The predicted molar refractivity (Wildman–Crippen MR) is 73.8 cm³/mol. The molecule has 3 unspecified atom stereocenters. The van der Waals surface area contributed by atoms with E-state index in [4.69, 9.17) is 0 Å². The minimum absolute atomic E-state index is 0.0299. The highest BCUT2D eigenvalue weighted by atomic mass is 16.4. The van der Waals surface area contributed by atoms with Crippen molar-refractivity contribution < 1.29 is 14.7 Å². The van der Waals surface area contributed by atoms with Crippen molar-refractivity contribution in [2.75, 3.05) is 13.1 Å². The molecule has 0 aliphatic carbocycles. The van der Waals surface area contributed by atoms with E-state index < -0.39 is 11.9 Å². The van der Waals surface area contributed by atoms with Crippen LogP contribution in [0.1, 0.15) is 40.5 Å². The van der Waals surface area contributed by atoms with Crippen LogP contribution in [0.4, 0.5) is 0 Å². The molecule has 0 radical (unpaired) electrons. The lowest BCUT2D eigenvalue weighted by molar-refractivity contribution is -0.142. The van der Waals surface area contributed by atoms with Gasteiger partial charge in [-0.1, -0.05) is 20.8 Å². The summed E-state index contributed by atoms with van der Waals surface area (Å²) >= 11 is 0. The second-order valence-corrected chi connectivity index (χ2v) is 6.68. The Bertz CT molecular complexity index is 336. The molecule has 0 aromatic heterocycles. The Labute approximate surface area is 115 Å². The molecule has 0 spiro atoms. The van der Waals surface area contributed by atoms with E-state index in [2.05, 4.69) is 10.6 Å². The molecule has 5 nitrogen and oxygen atoms in total. The van der Waals surface area contributed by atoms with Crippen LogP contribution >= 0.6 is 0 Å². The maximum absolute atomic E-state index is 12.0. The summed E-state index contributed by atoms with van der Waals surface area (Å²) in [6, 6.07) is 0.172. The molecule has 19 heavy (non-hydrogen) atoms. The maximum atomic E-state index is 12.0. The van der Waals surface area contributed by atoms with E-state index in [1.54, 1.807) is 0 Å². The van der Waals surface area contributed by atoms with E-state index in [9.17, 15) is 14.7 Å². The number of carboxylic acid groups (broad SMARTS) is 1. The van der Waals surface area contributed by atoms with Gasteiger partial charge in [-0.2, -0.15) is 0 Å². The first kappa shape index (κ1) is 16.0. The molecule has 1 aliphatic heterocycles. The van der Waals surface area contributed by atoms with Crippen molar-refractivity contribution in [2.24, 2.45) is 17.3 Å². The summed E-state index contributed by atoms with van der Waals surface area (Å²) in [5.74, 6) is -1.43. The molecule has 0 aromatic carbocycles. The molecule has 3 atom stereocenters. The van der Waals surface area contributed by atoms with Gasteiger partial charge < -0.3 is 15.7 Å². The van der Waals surface area contributed by atoms with Crippen molar-refractivity contribution in [1.29, 1.82) is 0 Å². The smallest absolute Gasteiger partial charge is 0.308 e. The average Bonchev–Trinajstić information content (AvgIpc) is 2.68. The Hall–Kier alpha value is -1.10. The van der Waals surface area contributed by atoms with Crippen LogP contribution in [0, 0.1) is 17.3 Å².